The summed E-state index contributed by atoms with van der Waals surface area (Å²) in [5, 5.41) is 9.10. The highest BCUT2D eigenvalue weighted by molar-refractivity contribution is 7.51. The van der Waals surface area contributed by atoms with Gasteiger partial charge < -0.3 is 19.6 Å². The second kappa shape index (κ2) is 8.19. The van der Waals surface area contributed by atoms with Gasteiger partial charge in [-0.2, -0.15) is 0 Å². The van der Waals surface area contributed by atoms with Crippen LogP contribution in [0.25, 0.3) is 0 Å². The van der Waals surface area contributed by atoms with Gasteiger partial charge in [-0.05, 0) is 13.3 Å². The van der Waals surface area contributed by atoms with Crippen molar-refractivity contribution < 1.29 is 33.8 Å². The summed E-state index contributed by atoms with van der Waals surface area (Å²) in [5.74, 6) is -3.60. The molecule has 0 amide bonds. The lowest BCUT2D eigenvalue weighted by atomic mass is 9.99. The summed E-state index contributed by atoms with van der Waals surface area (Å²) < 4.78 is 16.0. The lowest BCUT2D eigenvalue weighted by Gasteiger charge is -2.24. The normalized spacial score (nSPS) is 14.4. The number of rotatable bonds is 9. The smallest absolute Gasteiger partial charge is 0.333 e. The maximum atomic E-state index is 11.5. The van der Waals surface area contributed by atoms with Crippen LogP contribution in [0.2, 0.25) is 0 Å². The summed E-state index contributed by atoms with van der Waals surface area (Å²) in [5.41, 5.74) is 0.104. The fourth-order valence-electron chi connectivity index (χ4n) is 1.60. The van der Waals surface area contributed by atoms with Crippen LogP contribution in [0, 0.1) is 5.92 Å². The Kier molecular flexibility index (Phi) is 7.71. The van der Waals surface area contributed by atoms with E-state index in [0.29, 0.717) is 6.42 Å². The molecule has 8 heteroatoms. The first-order valence-corrected chi connectivity index (χ1v) is 8.02. The van der Waals surface area contributed by atoms with Gasteiger partial charge in [0.1, 0.15) is 12.0 Å². The highest BCUT2D eigenvalue weighted by Crippen LogP contribution is 2.39. The average Bonchev–Trinajstić information content (AvgIpc) is 2.29. The van der Waals surface area contributed by atoms with Crippen LogP contribution in [-0.2, 0) is 18.9 Å². The highest BCUT2D eigenvalue weighted by Gasteiger charge is 2.36. The molecule has 0 heterocycles. The predicted octanol–water partition coefficient (Wildman–Crippen LogP) is 1.54. The molecule has 0 rings (SSSR count). The molecule has 0 bridgehead atoms. The summed E-state index contributed by atoms with van der Waals surface area (Å²) in [6, 6.07) is 0. The molecule has 20 heavy (non-hydrogen) atoms. The molecule has 0 aliphatic heterocycles. The fourth-order valence-corrected chi connectivity index (χ4v) is 2.50. The number of carboxylic acids is 1. The molecule has 2 atom stereocenters. The van der Waals surface area contributed by atoms with E-state index in [9.17, 15) is 14.2 Å². The molecule has 0 radical (unpaired) electrons. The molecule has 0 saturated carbocycles. The van der Waals surface area contributed by atoms with E-state index in [1.165, 1.54) is 6.92 Å². The second-order valence-corrected chi connectivity index (χ2v) is 6.35. The van der Waals surface area contributed by atoms with Gasteiger partial charge in [0.2, 0.25) is 0 Å². The molecule has 0 fully saturated rings. The van der Waals surface area contributed by atoms with Gasteiger partial charge in [-0.15, -0.1) is 0 Å². The minimum Gasteiger partial charge on any atom is -0.481 e. The van der Waals surface area contributed by atoms with Gasteiger partial charge in [0.25, 0.3) is 0 Å². The third kappa shape index (κ3) is 7.43. The number of unbranched alkanes of at least 4 members (excludes halogenated alkanes) is 1. The Bertz CT molecular complexity index is 412. The zero-order valence-corrected chi connectivity index (χ0v) is 12.5. The van der Waals surface area contributed by atoms with E-state index in [2.05, 4.69) is 6.58 Å². The Morgan fingerprint density at radius 2 is 1.90 bits per heavy atom. The number of carbonyl (C=O) groups is 2. The van der Waals surface area contributed by atoms with Gasteiger partial charge >= 0.3 is 19.5 Å². The Labute approximate surface area is 117 Å². The van der Waals surface area contributed by atoms with E-state index in [1.54, 1.807) is 0 Å². The van der Waals surface area contributed by atoms with Crippen LogP contribution in [0.3, 0.4) is 0 Å². The summed E-state index contributed by atoms with van der Waals surface area (Å²) in [7, 11) is -4.52. The highest BCUT2D eigenvalue weighted by atomic mass is 31.2. The molecule has 0 spiro atoms. The van der Waals surface area contributed by atoms with Crippen molar-refractivity contribution in [2.24, 2.45) is 5.92 Å². The van der Waals surface area contributed by atoms with Crippen LogP contribution >= 0.6 is 7.60 Å². The van der Waals surface area contributed by atoms with Crippen molar-refractivity contribution in [1.82, 2.24) is 0 Å². The zero-order valence-electron chi connectivity index (χ0n) is 11.6. The number of aliphatic carboxylic acids is 1. The van der Waals surface area contributed by atoms with Crippen molar-refractivity contribution in [2.75, 3.05) is 6.16 Å². The van der Waals surface area contributed by atoms with E-state index < -0.39 is 37.7 Å². The number of carbonyl (C=O) groups excluding carboxylic acids is 1. The van der Waals surface area contributed by atoms with Crippen molar-refractivity contribution in [2.45, 2.75) is 39.2 Å². The number of carboxylic acid groups (broad SMARTS) is 1. The number of ether oxygens (including phenoxy) is 1. The largest absolute Gasteiger partial charge is 0.481 e. The van der Waals surface area contributed by atoms with E-state index in [-0.39, 0.29) is 12.0 Å². The molecule has 0 aromatic rings. The zero-order chi connectivity index (χ0) is 15.9. The minimum atomic E-state index is -4.52. The maximum Gasteiger partial charge on any atom is 0.333 e. The van der Waals surface area contributed by atoms with Crippen molar-refractivity contribution >= 4 is 19.5 Å². The van der Waals surface area contributed by atoms with Gasteiger partial charge in [0.05, 0.1) is 6.16 Å². The molecule has 3 N–H and O–H groups in total. The summed E-state index contributed by atoms with van der Waals surface area (Å²) >= 11 is 0. The molecular weight excluding hydrogens is 287 g/mol. The Morgan fingerprint density at radius 1 is 1.35 bits per heavy atom. The molecule has 0 aliphatic rings. The number of esters is 1. The quantitative estimate of drug-likeness (QED) is 0.335. The first-order chi connectivity index (χ1) is 9.08. The molecular formula is C12H21O7P. The third-order valence-corrected chi connectivity index (χ3v) is 3.52. The van der Waals surface area contributed by atoms with Crippen LogP contribution in [0.1, 0.15) is 33.1 Å². The van der Waals surface area contributed by atoms with E-state index in [1.807, 2.05) is 6.92 Å². The standard InChI is InChI=1S/C12H21O7P/c1-4-5-6-10(19-12(15)8(2)3)9(11(13)14)7-20(16,17)18/h9-10H,2,4-7H2,1,3H3,(H,13,14)(H2,16,17,18). The van der Waals surface area contributed by atoms with Crippen molar-refractivity contribution in [3.8, 4) is 0 Å². The lowest BCUT2D eigenvalue weighted by Crippen LogP contribution is -2.35. The van der Waals surface area contributed by atoms with Gasteiger partial charge in [0.15, 0.2) is 0 Å². The minimum absolute atomic E-state index is 0.104. The Hall–Kier alpha value is -1.17. The van der Waals surface area contributed by atoms with E-state index >= 15 is 0 Å². The van der Waals surface area contributed by atoms with E-state index in [4.69, 9.17) is 19.6 Å². The summed E-state index contributed by atoms with van der Waals surface area (Å²) in [6.45, 7) is 6.68. The van der Waals surface area contributed by atoms with Gasteiger partial charge in [0, 0.05) is 5.57 Å². The average molecular weight is 308 g/mol. The van der Waals surface area contributed by atoms with Crippen LogP contribution in [-0.4, -0.2) is 39.1 Å². The topological polar surface area (TPSA) is 121 Å². The fraction of sp³-hybridized carbons (Fsp3) is 0.667. The van der Waals surface area contributed by atoms with Crippen LogP contribution in [0.4, 0.5) is 0 Å². The maximum absolute atomic E-state index is 11.5. The first kappa shape index (κ1) is 18.8. The SMILES string of the molecule is C=C(C)C(=O)OC(CCCC)C(CP(=O)(O)O)C(=O)O. The third-order valence-electron chi connectivity index (χ3n) is 2.65. The van der Waals surface area contributed by atoms with E-state index in [0.717, 1.165) is 6.42 Å². The molecule has 0 saturated heterocycles. The molecule has 7 nitrogen and oxygen atoms in total. The van der Waals surface area contributed by atoms with Crippen LogP contribution < -0.4 is 0 Å². The number of hydrogen-bond donors (Lipinski definition) is 3. The van der Waals surface area contributed by atoms with Gasteiger partial charge in [-0.3, -0.25) is 9.36 Å². The first-order valence-electron chi connectivity index (χ1n) is 6.22. The number of hydrogen-bond acceptors (Lipinski definition) is 4. The Balaban J connectivity index is 5.10. The van der Waals surface area contributed by atoms with Crippen molar-refractivity contribution in [3.63, 3.8) is 0 Å². The Morgan fingerprint density at radius 3 is 2.25 bits per heavy atom. The molecule has 0 aromatic carbocycles. The summed E-state index contributed by atoms with van der Waals surface area (Å²) in [6.07, 6.45) is -0.390. The van der Waals surface area contributed by atoms with Crippen molar-refractivity contribution in [3.05, 3.63) is 12.2 Å². The molecule has 0 aromatic heterocycles. The lowest BCUT2D eigenvalue weighted by molar-refractivity contribution is -0.155. The second-order valence-electron chi connectivity index (χ2n) is 4.66. The van der Waals surface area contributed by atoms with Crippen LogP contribution in [0.15, 0.2) is 12.2 Å². The van der Waals surface area contributed by atoms with Gasteiger partial charge in [-0.1, -0.05) is 26.3 Å². The monoisotopic (exact) mass is 308 g/mol. The van der Waals surface area contributed by atoms with Gasteiger partial charge in [-0.25, -0.2) is 4.79 Å². The molecule has 2 unspecified atom stereocenters. The molecule has 0 aliphatic carbocycles. The van der Waals surface area contributed by atoms with Crippen LogP contribution in [0.5, 0.6) is 0 Å². The van der Waals surface area contributed by atoms with Crippen molar-refractivity contribution in [1.29, 1.82) is 0 Å². The molecule has 116 valence electrons. The predicted molar refractivity (Wildman–Crippen MR) is 72.3 cm³/mol. The summed E-state index contributed by atoms with van der Waals surface area (Å²) in [4.78, 5) is 40.6.